The van der Waals surface area contributed by atoms with Crippen LogP contribution in [0.3, 0.4) is 0 Å². The van der Waals surface area contributed by atoms with Crippen LogP contribution in [0.1, 0.15) is 54.9 Å². The molecule has 216 valence electrons. The average Bonchev–Trinajstić information content (AvgIpc) is 3.66. The summed E-state index contributed by atoms with van der Waals surface area (Å²) in [6.07, 6.45) is 3.87. The summed E-state index contributed by atoms with van der Waals surface area (Å²) in [6.45, 7) is 3.26. The van der Waals surface area contributed by atoms with Crippen LogP contribution in [-0.2, 0) is 29.3 Å². The Labute approximate surface area is 241 Å². The number of aryl methyl sites for hydroxylation is 1. The normalized spacial score (nSPS) is 13.5. The van der Waals surface area contributed by atoms with E-state index >= 15 is 0 Å². The monoisotopic (exact) mass is 575 g/mol. The van der Waals surface area contributed by atoms with Crippen molar-refractivity contribution in [3.63, 3.8) is 0 Å². The quantitative estimate of drug-likeness (QED) is 0.192. The van der Waals surface area contributed by atoms with E-state index in [0.717, 1.165) is 49.0 Å². The maximum Gasteiger partial charge on any atom is 0.264 e. The molecule has 9 nitrogen and oxygen atoms in total. The molecule has 1 aliphatic rings. The SMILES string of the molecule is CCCCCc1nc(-c2ccc(S(=O)(=O)N(CCN)c3ccccc3)c(CC(O)c3ccc4c(c3)CCN4)c2)no1. The van der Waals surface area contributed by atoms with Crippen molar-refractivity contribution in [1.29, 1.82) is 0 Å². The molecule has 1 unspecified atom stereocenters. The van der Waals surface area contributed by atoms with Gasteiger partial charge in [-0.1, -0.05) is 55.3 Å². The zero-order valence-corrected chi connectivity index (χ0v) is 24.1. The topological polar surface area (TPSA) is 135 Å². The minimum atomic E-state index is -4.02. The Balaban J connectivity index is 1.53. The molecular weight excluding hydrogens is 538 g/mol. The number of sulfonamides is 1. The Morgan fingerprint density at radius 2 is 1.93 bits per heavy atom. The van der Waals surface area contributed by atoms with E-state index in [1.54, 1.807) is 42.5 Å². The molecule has 1 aliphatic heterocycles. The molecule has 41 heavy (non-hydrogen) atoms. The number of nitrogens with one attached hydrogen (secondary N) is 1. The second-order valence-electron chi connectivity index (χ2n) is 10.3. The van der Waals surface area contributed by atoms with Gasteiger partial charge in [0.25, 0.3) is 10.0 Å². The van der Waals surface area contributed by atoms with E-state index < -0.39 is 16.1 Å². The van der Waals surface area contributed by atoms with E-state index in [4.69, 9.17) is 10.3 Å². The van der Waals surface area contributed by atoms with Crippen LogP contribution in [0.25, 0.3) is 11.4 Å². The maximum atomic E-state index is 14.1. The van der Waals surface area contributed by atoms with Crippen molar-refractivity contribution in [2.24, 2.45) is 5.73 Å². The molecule has 4 aromatic rings. The van der Waals surface area contributed by atoms with Gasteiger partial charge in [-0.25, -0.2) is 8.42 Å². The molecule has 0 spiro atoms. The van der Waals surface area contributed by atoms with Gasteiger partial charge in [-0.2, -0.15) is 4.98 Å². The minimum absolute atomic E-state index is 0.0844. The van der Waals surface area contributed by atoms with Gasteiger partial charge in [0, 0.05) is 43.7 Å². The third-order valence-electron chi connectivity index (χ3n) is 7.36. The van der Waals surface area contributed by atoms with Crippen molar-refractivity contribution < 1.29 is 18.0 Å². The predicted octanol–water partition coefficient (Wildman–Crippen LogP) is 4.87. The molecule has 0 amide bonds. The van der Waals surface area contributed by atoms with Crippen molar-refractivity contribution in [1.82, 2.24) is 10.1 Å². The van der Waals surface area contributed by atoms with E-state index in [9.17, 15) is 13.5 Å². The van der Waals surface area contributed by atoms with Crippen LogP contribution in [0.2, 0.25) is 0 Å². The number of para-hydroxylation sites is 1. The molecule has 0 saturated carbocycles. The largest absolute Gasteiger partial charge is 0.388 e. The average molecular weight is 576 g/mol. The third-order valence-corrected chi connectivity index (χ3v) is 9.29. The molecule has 1 atom stereocenters. The summed E-state index contributed by atoms with van der Waals surface area (Å²) in [4.78, 5) is 4.65. The zero-order valence-electron chi connectivity index (χ0n) is 23.3. The number of anilines is 2. The first-order chi connectivity index (χ1) is 19.9. The number of benzene rings is 3. The smallest absolute Gasteiger partial charge is 0.264 e. The maximum absolute atomic E-state index is 14.1. The number of nitrogens with two attached hydrogens (primary N) is 1. The fourth-order valence-corrected chi connectivity index (χ4v) is 6.90. The van der Waals surface area contributed by atoms with E-state index in [1.807, 2.05) is 24.3 Å². The van der Waals surface area contributed by atoms with Crippen molar-refractivity contribution in [2.45, 2.75) is 56.4 Å². The molecule has 0 saturated heterocycles. The third kappa shape index (κ3) is 6.45. The zero-order chi connectivity index (χ0) is 28.8. The van der Waals surface area contributed by atoms with Gasteiger partial charge in [-0.05, 0) is 65.9 Å². The first-order valence-corrected chi connectivity index (χ1v) is 15.6. The summed E-state index contributed by atoms with van der Waals surface area (Å²) in [6, 6.07) is 19.7. The van der Waals surface area contributed by atoms with E-state index in [2.05, 4.69) is 22.4 Å². The van der Waals surface area contributed by atoms with Crippen molar-refractivity contribution >= 4 is 21.4 Å². The highest BCUT2D eigenvalue weighted by Crippen LogP contribution is 2.33. The lowest BCUT2D eigenvalue weighted by molar-refractivity contribution is 0.177. The van der Waals surface area contributed by atoms with Gasteiger partial charge in [0.05, 0.1) is 16.7 Å². The van der Waals surface area contributed by atoms with Gasteiger partial charge in [0.15, 0.2) is 0 Å². The summed E-state index contributed by atoms with van der Waals surface area (Å²) in [5, 5.41) is 18.8. The lowest BCUT2D eigenvalue weighted by atomic mass is 9.97. The predicted molar refractivity (Wildman–Crippen MR) is 160 cm³/mol. The second-order valence-corrected chi connectivity index (χ2v) is 12.1. The first-order valence-electron chi connectivity index (χ1n) is 14.2. The van der Waals surface area contributed by atoms with Gasteiger partial charge in [0.2, 0.25) is 11.7 Å². The van der Waals surface area contributed by atoms with Crippen LogP contribution in [0.4, 0.5) is 11.4 Å². The van der Waals surface area contributed by atoms with Crippen LogP contribution < -0.4 is 15.4 Å². The molecule has 0 aliphatic carbocycles. The molecule has 0 bridgehead atoms. The number of aliphatic hydroxyl groups is 1. The lowest BCUT2D eigenvalue weighted by Gasteiger charge is -2.26. The van der Waals surface area contributed by atoms with Crippen LogP contribution in [0, 0.1) is 0 Å². The summed E-state index contributed by atoms with van der Waals surface area (Å²) in [5.41, 5.74) is 10.4. The highest BCUT2D eigenvalue weighted by atomic mass is 32.2. The van der Waals surface area contributed by atoms with Gasteiger partial charge in [0.1, 0.15) is 0 Å². The number of aromatic nitrogens is 2. The molecule has 0 fully saturated rings. The summed E-state index contributed by atoms with van der Waals surface area (Å²) in [5.74, 6) is 0.943. The van der Waals surface area contributed by atoms with Gasteiger partial charge in [-0.15, -0.1) is 0 Å². The van der Waals surface area contributed by atoms with E-state index in [-0.39, 0.29) is 24.4 Å². The fraction of sp³-hybridized carbons (Fsp3) is 0.355. The van der Waals surface area contributed by atoms with Crippen molar-refractivity contribution in [3.8, 4) is 11.4 Å². The Morgan fingerprint density at radius 3 is 2.71 bits per heavy atom. The van der Waals surface area contributed by atoms with E-state index in [1.165, 1.54) is 4.31 Å². The van der Waals surface area contributed by atoms with Gasteiger partial charge < -0.3 is 20.7 Å². The number of unbranched alkanes of at least 4 members (excludes halogenated alkanes) is 2. The van der Waals surface area contributed by atoms with Gasteiger partial charge >= 0.3 is 0 Å². The Kier molecular flexibility index (Phi) is 9.02. The van der Waals surface area contributed by atoms with Crippen molar-refractivity contribution in [3.05, 3.63) is 89.3 Å². The van der Waals surface area contributed by atoms with Crippen LogP contribution in [-0.4, -0.2) is 43.3 Å². The Morgan fingerprint density at radius 1 is 1.10 bits per heavy atom. The fourth-order valence-electron chi connectivity index (χ4n) is 5.21. The highest BCUT2D eigenvalue weighted by molar-refractivity contribution is 7.92. The molecule has 0 radical (unpaired) electrons. The molecular formula is C31H37N5O4S. The molecule has 10 heteroatoms. The molecule has 2 heterocycles. The number of fused-ring (bicyclic) bond motifs is 1. The Hall–Kier alpha value is -3.73. The van der Waals surface area contributed by atoms with Crippen molar-refractivity contribution in [2.75, 3.05) is 29.3 Å². The summed E-state index contributed by atoms with van der Waals surface area (Å²) < 4.78 is 35.1. The first kappa shape index (κ1) is 28.8. The number of nitrogens with zero attached hydrogens (tertiary/aromatic N) is 3. The lowest BCUT2D eigenvalue weighted by Crippen LogP contribution is -2.36. The summed E-state index contributed by atoms with van der Waals surface area (Å²) in [7, 11) is -4.02. The van der Waals surface area contributed by atoms with E-state index in [0.29, 0.717) is 35.0 Å². The Bertz CT molecular complexity index is 1570. The summed E-state index contributed by atoms with van der Waals surface area (Å²) >= 11 is 0. The minimum Gasteiger partial charge on any atom is -0.388 e. The number of hydrogen-bond donors (Lipinski definition) is 3. The molecule has 1 aromatic heterocycles. The van der Waals surface area contributed by atoms with Crippen LogP contribution in [0.5, 0.6) is 0 Å². The molecule has 5 rings (SSSR count). The highest BCUT2D eigenvalue weighted by Gasteiger charge is 2.29. The molecule has 3 aromatic carbocycles. The number of rotatable bonds is 13. The van der Waals surface area contributed by atoms with Crippen LogP contribution >= 0.6 is 0 Å². The van der Waals surface area contributed by atoms with Crippen LogP contribution in [0.15, 0.2) is 76.1 Å². The number of hydrogen-bond acceptors (Lipinski definition) is 8. The van der Waals surface area contributed by atoms with Gasteiger partial charge in [-0.3, -0.25) is 4.31 Å². The standard InChI is InChI=1S/C31H37N5O4S/c1-2-3-5-10-30-34-31(35-40-30)24-12-14-29(41(38,39)36(18-16-32)26-8-6-4-7-9-26)25(20-24)21-28(37)23-11-13-27-22(19-23)15-17-33-27/h4,6-9,11-14,19-20,28,33,37H,2-3,5,10,15-18,21,32H2,1H3. The number of aliphatic hydroxyl groups excluding tert-OH is 1. The molecule has 4 N–H and O–H groups in total. The second kappa shape index (κ2) is 12.8.